The Kier molecular flexibility index (Phi) is 6.41. The van der Waals surface area contributed by atoms with Gasteiger partial charge in [-0.3, -0.25) is 9.78 Å². The highest BCUT2D eigenvalue weighted by molar-refractivity contribution is 7.22. The van der Waals surface area contributed by atoms with Crippen LogP contribution in [0.4, 0.5) is 0 Å². The van der Waals surface area contributed by atoms with Crippen LogP contribution in [0.2, 0.25) is 0 Å². The smallest absolute Gasteiger partial charge is 0.262 e. The van der Waals surface area contributed by atoms with E-state index in [1.165, 1.54) is 5.56 Å². The molecule has 1 N–H and O–H groups in total. The lowest BCUT2D eigenvalue weighted by molar-refractivity contribution is 0.0949. The first-order valence-corrected chi connectivity index (χ1v) is 11.3. The molecule has 154 valence electrons. The summed E-state index contributed by atoms with van der Waals surface area (Å²) < 4.78 is 6.49. The fourth-order valence-electron chi connectivity index (χ4n) is 3.65. The maximum absolute atomic E-state index is 13.1. The first-order valence-electron chi connectivity index (χ1n) is 10.5. The lowest BCUT2D eigenvalue weighted by atomic mass is 10.0. The molecule has 30 heavy (non-hydrogen) atoms. The third kappa shape index (κ3) is 4.09. The molecule has 1 amide bonds. The molecule has 0 bridgehead atoms. The van der Waals surface area contributed by atoms with Crippen LogP contribution < -0.4 is 5.32 Å². The van der Waals surface area contributed by atoms with E-state index in [-0.39, 0.29) is 5.91 Å². The van der Waals surface area contributed by atoms with Gasteiger partial charge in [0, 0.05) is 47.0 Å². The molecule has 2 aromatic heterocycles. The summed E-state index contributed by atoms with van der Waals surface area (Å²) in [5.74, 6) is -0.0358. The van der Waals surface area contributed by atoms with Crippen LogP contribution in [0, 0.1) is 0 Å². The van der Waals surface area contributed by atoms with Crippen LogP contribution in [0.15, 0.2) is 54.7 Å². The highest BCUT2D eigenvalue weighted by Gasteiger charge is 2.21. The van der Waals surface area contributed by atoms with Crippen molar-refractivity contribution in [3.63, 3.8) is 0 Å². The third-order valence-corrected chi connectivity index (χ3v) is 6.45. The predicted octanol–water partition coefficient (Wildman–Crippen LogP) is 5.84. The van der Waals surface area contributed by atoms with Gasteiger partial charge in [-0.15, -0.1) is 11.3 Å². The first kappa shape index (κ1) is 20.5. The van der Waals surface area contributed by atoms with Crippen LogP contribution in [-0.2, 0) is 11.2 Å². The van der Waals surface area contributed by atoms with E-state index in [4.69, 9.17) is 9.72 Å². The molecule has 4 rings (SSSR count). The molecular formula is C25H26N2O2S. The van der Waals surface area contributed by atoms with E-state index in [0.717, 1.165) is 49.8 Å². The molecule has 0 unspecified atom stereocenters. The topological polar surface area (TPSA) is 51.2 Å². The van der Waals surface area contributed by atoms with Crippen LogP contribution in [0.3, 0.4) is 0 Å². The molecule has 0 radical (unpaired) electrons. The van der Waals surface area contributed by atoms with Crippen molar-refractivity contribution in [1.82, 2.24) is 10.3 Å². The van der Waals surface area contributed by atoms with E-state index in [1.807, 2.05) is 31.3 Å². The van der Waals surface area contributed by atoms with E-state index < -0.39 is 0 Å². The maximum Gasteiger partial charge on any atom is 0.262 e. The second-order valence-corrected chi connectivity index (χ2v) is 8.21. The minimum Gasteiger partial charge on any atom is -0.382 e. The number of aromatic nitrogens is 1. The van der Waals surface area contributed by atoms with Crippen LogP contribution in [0.1, 0.15) is 35.5 Å². The number of rotatable bonds is 8. The summed E-state index contributed by atoms with van der Waals surface area (Å²) in [7, 11) is 0. The number of thiophene rings is 1. The van der Waals surface area contributed by atoms with Gasteiger partial charge < -0.3 is 10.1 Å². The highest BCUT2D eigenvalue weighted by Crippen LogP contribution is 2.41. The average Bonchev–Trinajstić information content (AvgIpc) is 3.19. The Morgan fingerprint density at radius 3 is 2.70 bits per heavy atom. The summed E-state index contributed by atoms with van der Waals surface area (Å²) >= 11 is 1.56. The van der Waals surface area contributed by atoms with Gasteiger partial charge in [-0.25, -0.2) is 0 Å². The fourth-order valence-corrected chi connectivity index (χ4v) is 4.89. The van der Waals surface area contributed by atoms with E-state index in [2.05, 4.69) is 42.6 Å². The molecule has 0 spiro atoms. The molecule has 0 aliphatic heterocycles. The Balaban J connectivity index is 1.81. The van der Waals surface area contributed by atoms with Crippen LogP contribution >= 0.6 is 11.3 Å². The van der Waals surface area contributed by atoms with Gasteiger partial charge in [0.15, 0.2) is 0 Å². The Labute approximate surface area is 180 Å². The van der Waals surface area contributed by atoms with Crippen LogP contribution in [0.25, 0.3) is 32.1 Å². The number of nitrogens with zero attached hydrogens (tertiary/aromatic N) is 1. The van der Waals surface area contributed by atoms with Crippen molar-refractivity contribution in [2.75, 3.05) is 19.8 Å². The van der Waals surface area contributed by atoms with Crippen LogP contribution in [-0.4, -0.2) is 30.6 Å². The van der Waals surface area contributed by atoms with Gasteiger partial charge in [0.2, 0.25) is 0 Å². The largest absolute Gasteiger partial charge is 0.382 e. The van der Waals surface area contributed by atoms with Gasteiger partial charge in [0.25, 0.3) is 5.91 Å². The molecule has 2 heterocycles. The van der Waals surface area contributed by atoms with Gasteiger partial charge in [-0.2, -0.15) is 0 Å². The summed E-state index contributed by atoms with van der Waals surface area (Å²) in [6, 6.07) is 16.5. The van der Waals surface area contributed by atoms with Gasteiger partial charge in [0.05, 0.1) is 5.52 Å². The number of benzene rings is 2. The minimum atomic E-state index is -0.0358. The second-order valence-electron chi connectivity index (χ2n) is 7.18. The number of hydrogen-bond donors (Lipinski definition) is 1. The van der Waals surface area contributed by atoms with Gasteiger partial charge in [-0.05, 0) is 43.0 Å². The van der Waals surface area contributed by atoms with Gasteiger partial charge >= 0.3 is 0 Å². The number of ether oxygens (including phenoxy) is 1. The second kappa shape index (κ2) is 9.37. The molecule has 5 heteroatoms. The van der Waals surface area contributed by atoms with E-state index in [0.29, 0.717) is 19.8 Å². The highest BCUT2D eigenvalue weighted by atomic mass is 32.1. The number of carbonyl (C=O) groups excluding carboxylic acids is 1. The lowest BCUT2D eigenvalue weighted by Crippen LogP contribution is -2.24. The van der Waals surface area contributed by atoms with Crippen molar-refractivity contribution >= 4 is 38.2 Å². The molecule has 0 saturated carbocycles. The summed E-state index contributed by atoms with van der Waals surface area (Å²) in [5.41, 5.74) is 4.24. The Hall–Kier alpha value is -2.76. The number of aryl methyl sites for hydroxylation is 1. The zero-order chi connectivity index (χ0) is 20.9. The Morgan fingerprint density at radius 2 is 1.93 bits per heavy atom. The third-order valence-electron chi connectivity index (χ3n) is 5.22. The monoisotopic (exact) mass is 418 g/mol. The number of nitrogens with one attached hydrogen (secondary N) is 1. The summed E-state index contributed by atoms with van der Waals surface area (Å²) in [4.78, 5) is 18.6. The molecule has 0 aliphatic rings. The molecule has 0 saturated heterocycles. The fraction of sp³-hybridized carbons (Fsp3) is 0.280. The number of fused-ring (bicyclic) bond motifs is 3. The molecule has 2 aromatic carbocycles. The molecule has 0 atom stereocenters. The summed E-state index contributed by atoms with van der Waals surface area (Å²) in [5, 5.41) is 5.22. The Morgan fingerprint density at radius 1 is 1.10 bits per heavy atom. The standard InChI is InChI=1S/C25H26N2O2S/c1-3-17-11-12-21-19(15-17)23-20(16-27-21)22(18-9-6-5-7-10-18)24(30-23)25(28)26-13-8-14-29-4-2/h5-7,9-12,15-16H,3-4,8,13-14H2,1-2H3,(H,26,28). The van der Waals surface area contributed by atoms with E-state index in [9.17, 15) is 4.79 Å². The molecule has 0 fully saturated rings. The first-order chi connectivity index (χ1) is 14.7. The average molecular weight is 419 g/mol. The van der Waals surface area contributed by atoms with Crippen molar-refractivity contribution in [3.05, 3.63) is 65.2 Å². The van der Waals surface area contributed by atoms with Crippen molar-refractivity contribution in [2.24, 2.45) is 0 Å². The van der Waals surface area contributed by atoms with Crippen molar-refractivity contribution < 1.29 is 9.53 Å². The molecule has 4 aromatic rings. The summed E-state index contributed by atoms with van der Waals surface area (Å²) in [6.07, 6.45) is 3.68. The van der Waals surface area contributed by atoms with E-state index >= 15 is 0 Å². The predicted molar refractivity (Wildman–Crippen MR) is 125 cm³/mol. The number of hydrogen-bond acceptors (Lipinski definition) is 4. The number of pyridine rings is 1. The zero-order valence-electron chi connectivity index (χ0n) is 17.4. The Bertz CT molecular complexity index is 1170. The van der Waals surface area contributed by atoms with Crippen molar-refractivity contribution in [1.29, 1.82) is 0 Å². The molecular weight excluding hydrogens is 392 g/mol. The number of carbonyl (C=O) groups is 1. The van der Waals surface area contributed by atoms with Crippen LogP contribution in [0.5, 0.6) is 0 Å². The number of amides is 1. The normalized spacial score (nSPS) is 11.3. The zero-order valence-corrected chi connectivity index (χ0v) is 18.2. The molecule has 0 aliphatic carbocycles. The quantitative estimate of drug-likeness (QED) is 0.366. The van der Waals surface area contributed by atoms with Gasteiger partial charge in [0.1, 0.15) is 4.88 Å². The maximum atomic E-state index is 13.1. The summed E-state index contributed by atoms with van der Waals surface area (Å²) in [6.45, 7) is 6.08. The van der Waals surface area contributed by atoms with E-state index in [1.54, 1.807) is 11.3 Å². The SMILES string of the molecule is CCOCCCNC(=O)c1sc2c(cnc3ccc(CC)cc32)c1-c1ccccc1. The lowest BCUT2D eigenvalue weighted by Gasteiger charge is -2.07. The molecule has 4 nitrogen and oxygen atoms in total. The van der Waals surface area contributed by atoms with Crippen molar-refractivity contribution in [3.8, 4) is 11.1 Å². The van der Waals surface area contributed by atoms with Gasteiger partial charge in [-0.1, -0.05) is 43.3 Å². The van der Waals surface area contributed by atoms with Crippen molar-refractivity contribution in [2.45, 2.75) is 26.7 Å². The minimum absolute atomic E-state index is 0.0358.